The lowest BCUT2D eigenvalue weighted by atomic mass is 9.94. The number of benzene rings is 3. The minimum atomic E-state index is -0.969. The molecule has 1 fully saturated rings. The Balaban J connectivity index is 1.51. The van der Waals surface area contributed by atoms with Crippen LogP contribution in [0.2, 0.25) is 5.02 Å². The molecule has 0 unspecified atom stereocenters. The highest BCUT2D eigenvalue weighted by Crippen LogP contribution is 2.46. The Kier molecular flexibility index (Phi) is 7.55. The summed E-state index contributed by atoms with van der Waals surface area (Å²) in [6.07, 6.45) is 2.56. The van der Waals surface area contributed by atoms with Crippen LogP contribution < -0.4 is 19.1 Å². The van der Waals surface area contributed by atoms with E-state index in [2.05, 4.69) is 11.9 Å². The Morgan fingerprint density at radius 3 is 2.76 bits per heavy atom. The Bertz CT molecular complexity index is 1750. The third kappa shape index (κ3) is 4.97. The number of thiazole rings is 1. The molecule has 2 aliphatic rings. The molecule has 0 bridgehead atoms. The Morgan fingerprint density at radius 1 is 1.14 bits per heavy atom. The summed E-state index contributed by atoms with van der Waals surface area (Å²) in [6.45, 7) is 4.58. The number of hydrogen-bond donors (Lipinski definition) is 1. The molecule has 216 valence electrons. The molecule has 3 aromatic carbocycles. The molecule has 1 amide bonds. The number of rotatable bonds is 8. The number of aliphatic hydroxyl groups is 1. The van der Waals surface area contributed by atoms with Gasteiger partial charge in [0.05, 0.1) is 35.5 Å². The first-order valence-corrected chi connectivity index (χ1v) is 15.0. The molecular weight excluding hydrogens is 576 g/mol. The van der Waals surface area contributed by atoms with Crippen molar-refractivity contribution in [1.82, 2.24) is 4.98 Å². The number of fused-ring (bicyclic) bond motifs is 2. The molecule has 2 atom stereocenters. The first kappa shape index (κ1) is 28.1. The molecule has 0 aliphatic carbocycles. The summed E-state index contributed by atoms with van der Waals surface area (Å²) in [6, 6.07) is 14.8. The number of anilines is 1. The summed E-state index contributed by atoms with van der Waals surface area (Å²) < 4.78 is 18.1. The number of aromatic nitrogens is 1. The second-order valence-corrected chi connectivity index (χ2v) is 11.8. The maximum atomic E-state index is 13.7. The van der Waals surface area contributed by atoms with Crippen molar-refractivity contribution in [2.75, 3.05) is 18.6 Å². The molecule has 0 spiro atoms. The third-order valence-electron chi connectivity index (χ3n) is 7.42. The predicted octanol–water partition coefficient (Wildman–Crippen LogP) is 7.09. The van der Waals surface area contributed by atoms with E-state index in [1.807, 2.05) is 13.0 Å². The normalized spacial score (nSPS) is 19.3. The number of halogens is 1. The summed E-state index contributed by atoms with van der Waals surface area (Å²) in [5, 5.41) is 12.5. The number of hydrogen-bond acceptors (Lipinski definition) is 8. The Morgan fingerprint density at radius 2 is 1.98 bits per heavy atom. The van der Waals surface area contributed by atoms with Gasteiger partial charge in [0.15, 0.2) is 16.6 Å². The van der Waals surface area contributed by atoms with Gasteiger partial charge in [0.25, 0.3) is 5.78 Å². The summed E-state index contributed by atoms with van der Waals surface area (Å²) >= 11 is 7.45. The van der Waals surface area contributed by atoms with Crippen molar-refractivity contribution in [3.63, 3.8) is 0 Å². The SMILES string of the molecule is CCCCOc1ccc([C@@H]2/C(=C(\O)c3ccc4c(c3)C[C@H](C)O4)C(=O)C(=O)N2c2nc3ccc(Cl)cc3s2)cc1OC. The number of unbranched alkanes of at least 4 members (excludes halogenated alkanes) is 1. The number of methoxy groups -OCH3 is 1. The second-order valence-electron chi connectivity index (χ2n) is 10.3. The molecule has 0 radical (unpaired) electrons. The van der Waals surface area contributed by atoms with E-state index < -0.39 is 17.7 Å². The van der Waals surface area contributed by atoms with Crippen LogP contribution >= 0.6 is 22.9 Å². The molecule has 8 nitrogen and oxygen atoms in total. The van der Waals surface area contributed by atoms with Crippen LogP contribution in [0, 0.1) is 0 Å². The van der Waals surface area contributed by atoms with Gasteiger partial charge in [0, 0.05) is 17.0 Å². The molecule has 4 aromatic rings. The number of carbonyl (C=O) groups excluding carboxylic acids is 2. The molecular formula is C32H29ClN2O6S. The topological polar surface area (TPSA) is 98.2 Å². The zero-order chi connectivity index (χ0) is 29.5. The Hall–Kier alpha value is -4.08. The second kappa shape index (κ2) is 11.3. The predicted molar refractivity (Wildman–Crippen MR) is 163 cm³/mol. The fourth-order valence-corrected chi connectivity index (χ4v) is 6.63. The molecule has 2 aliphatic heterocycles. The van der Waals surface area contributed by atoms with Crippen molar-refractivity contribution in [2.45, 2.75) is 45.3 Å². The first-order chi connectivity index (χ1) is 20.3. The maximum absolute atomic E-state index is 13.7. The van der Waals surface area contributed by atoms with Crippen molar-refractivity contribution in [3.05, 3.63) is 81.9 Å². The van der Waals surface area contributed by atoms with E-state index in [0.717, 1.165) is 28.9 Å². The standard InChI is InChI=1S/C32H29ClN2O6S/c1-4-5-12-40-24-11-6-18(15-25(24)39-3)28-27(29(36)19-7-10-23-20(14-19)13-17(2)41-23)30(37)31(38)35(28)32-34-22-9-8-21(33)16-26(22)42-32/h6-11,14-17,28,36H,4-5,12-13H2,1-3H3/b29-27+/t17-,28+/m0/s1. The molecule has 0 saturated carbocycles. The fourth-order valence-electron chi connectivity index (χ4n) is 5.36. The van der Waals surface area contributed by atoms with E-state index in [4.69, 9.17) is 25.8 Å². The molecule has 42 heavy (non-hydrogen) atoms. The van der Waals surface area contributed by atoms with E-state index in [1.54, 1.807) is 48.5 Å². The zero-order valence-electron chi connectivity index (χ0n) is 23.3. The highest BCUT2D eigenvalue weighted by atomic mass is 35.5. The van der Waals surface area contributed by atoms with Crippen molar-refractivity contribution in [2.24, 2.45) is 0 Å². The fraction of sp³-hybridized carbons (Fsp3) is 0.281. The Labute approximate surface area is 252 Å². The summed E-state index contributed by atoms with van der Waals surface area (Å²) in [7, 11) is 1.54. The minimum absolute atomic E-state index is 0.0149. The van der Waals surface area contributed by atoms with Crippen LogP contribution in [0.15, 0.2) is 60.2 Å². The van der Waals surface area contributed by atoms with E-state index in [9.17, 15) is 14.7 Å². The van der Waals surface area contributed by atoms with Crippen molar-refractivity contribution in [1.29, 1.82) is 0 Å². The van der Waals surface area contributed by atoms with Crippen LogP contribution in [0.25, 0.3) is 16.0 Å². The van der Waals surface area contributed by atoms with Crippen molar-refractivity contribution < 1.29 is 28.9 Å². The van der Waals surface area contributed by atoms with Gasteiger partial charge in [-0.05, 0) is 73.0 Å². The van der Waals surface area contributed by atoms with Gasteiger partial charge in [-0.3, -0.25) is 14.5 Å². The molecule has 1 saturated heterocycles. The van der Waals surface area contributed by atoms with Crippen molar-refractivity contribution >= 4 is 55.7 Å². The smallest absolute Gasteiger partial charge is 0.301 e. The van der Waals surface area contributed by atoms with Gasteiger partial charge < -0.3 is 19.3 Å². The highest BCUT2D eigenvalue weighted by molar-refractivity contribution is 7.22. The van der Waals surface area contributed by atoms with Gasteiger partial charge in [-0.1, -0.05) is 42.3 Å². The lowest BCUT2D eigenvalue weighted by Crippen LogP contribution is -2.29. The monoisotopic (exact) mass is 604 g/mol. The van der Waals surface area contributed by atoms with E-state index in [-0.39, 0.29) is 17.4 Å². The highest BCUT2D eigenvalue weighted by Gasteiger charge is 2.48. The van der Waals surface area contributed by atoms with Crippen LogP contribution in [-0.4, -0.2) is 41.6 Å². The maximum Gasteiger partial charge on any atom is 0.301 e. The van der Waals surface area contributed by atoms with E-state index in [1.165, 1.54) is 23.3 Å². The van der Waals surface area contributed by atoms with Gasteiger partial charge in [-0.15, -0.1) is 0 Å². The van der Waals surface area contributed by atoms with Crippen molar-refractivity contribution in [3.8, 4) is 17.2 Å². The van der Waals surface area contributed by atoms with Crippen LogP contribution in [0.3, 0.4) is 0 Å². The van der Waals surface area contributed by atoms with Gasteiger partial charge in [-0.2, -0.15) is 0 Å². The van der Waals surface area contributed by atoms with Crippen LogP contribution in [0.5, 0.6) is 17.2 Å². The molecule has 10 heteroatoms. The van der Waals surface area contributed by atoms with E-state index >= 15 is 0 Å². The number of Topliss-reactive ketones (excluding diaryl/α,β-unsaturated/α-hetero) is 1. The summed E-state index contributed by atoms with van der Waals surface area (Å²) in [4.78, 5) is 33.4. The molecule has 1 aromatic heterocycles. The zero-order valence-corrected chi connectivity index (χ0v) is 24.9. The number of carbonyl (C=O) groups is 2. The van der Waals surface area contributed by atoms with Crippen LogP contribution in [0.4, 0.5) is 5.13 Å². The van der Waals surface area contributed by atoms with Gasteiger partial charge in [-0.25, -0.2) is 4.98 Å². The summed E-state index contributed by atoms with van der Waals surface area (Å²) in [5.41, 5.74) is 2.52. The van der Waals surface area contributed by atoms with E-state index in [0.29, 0.717) is 51.3 Å². The van der Waals surface area contributed by atoms with Crippen LogP contribution in [-0.2, 0) is 16.0 Å². The van der Waals surface area contributed by atoms with Gasteiger partial charge >= 0.3 is 5.91 Å². The number of nitrogens with zero attached hydrogens (tertiary/aromatic N) is 2. The average molecular weight is 605 g/mol. The average Bonchev–Trinajstić information content (AvgIpc) is 3.64. The quantitative estimate of drug-likeness (QED) is 0.0992. The lowest BCUT2D eigenvalue weighted by molar-refractivity contribution is -0.132. The number of amides is 1. The number of aliphatic hydroxyl groups excluding tert-OH is 1. The number of ether oxygens (including phenoxy) is 3. The molecule has 3 heterocycles. The lowest BCUT2D eigenvalue weighted by Gasteiger charge is -2.24. The molecule has 1 N–H and O–H groups in total. The third-order valence-corrected chi connectivity index (χ3v) is 8.67. The first-order valence-electron chi connectivity index (χ1n) is 13.8. The minimum Gasteiger partial charge on any atom is -0.507 e. The number of ketones is 1. The van der Waals surface area contributed by atoms with Gasteiger partial charge in [0.2, 0.25) is 0 Å². The van der Waals surface area contributed by atoms with Gasteiger partial charge in [0.1, 0.15) is 17.6 Å². The largest absolute Gasteiger partial charge is 0.507 e. The summed E-state index contributed by atoms with van der Waals surface area (Å²) in [5.74, 6) is -0.112. The van der Waals surface area contributed by atoms with Crippen LogP contribution in [0.1, 0.15) is 49.4 Å². The molecule has 6 rings (SSSR count).